The average Bonchev–Trinajstić information content (AvgIpc) is 2.75. The normalized spacial score (nSPS) is 28.6. The number of carbonyl (C=O) groups is 1. The van der Waals surface area contributed by atoms with Gasteiger partial charge in [0, 0.05) is 19.6 Å². The van der Waals surface area contributed by atoms with Crippen LogP contribution in [0, 0.1) is 0 Å². The van der Waals surface area contributed by atoms with Crippen molar-refractivity contribution >= 4 is 5.97 Å². The topological polar surface area (TPSA) is 48.0 Å². The molecule has 116 valence electrons. The van der Waals surface area contributed by atoms with Crippen molar-refractivity contribution in [3.8, 4) is 0 Å². The molecule has 0 N–H and O–H groups in total. The molecule has 2 heterocycles. The first-order valence-electron chi connectivity index (χ1n) is 7.60. The first-order chi connectivity index (χ1) is 9.42. The van der Waals surface area contributed by atoms with E-state index in [0.717, 1.165) is 45.7 Å². The van der Waals surface area contributed by atoms with Crippen molar-refractivity contribution in [1.29, 1.82) is 0 Å². The standard InChI is InChI=1S/C15H27NO4/c1-15(2,3)20-14(17)10-12-4-5-13(19-12)11-16-6-8-18-9-7-16/h12-13H,4-11H2,1-3H3/t12-,13+/m1/s1. The van der Waals surface area contributed by atoms with Crippen LogP contribution in [0.1, 0.15) is 40.0 Å². The van der Waals surface area contributed by atoms with E-state index in [9.17, 15) is 4.79 Å². The van der Waals surface area contributed by atoms with Crippen molar-refractivity contribution in [3.05, 3.63) is 0 Å². The summed E-state index contributed by atoms with van der Waals surface area (Å²) in [7, 11) is 0. The molecule has 0 aromatic carbocycles. The average molecular weight is 285 g/mol. The number of hydrogen-bond donors (Lipinski definition) is 0. The highest BCUT2D eigenvalue weighted by Gasteiger charge is 2.30. The molecule has 0 aromatic rings. The molecule has 5 nitrogen and oxygen atoms in total. The van der Waals surface area contributed by atoms with Crippen molar-refractivity contribution < 1.29 is 19.0 Å². The van der Waals surface area contributed by atoms with E-state index >= 15 is 0 Å². The van der Waals surface area contributed by atoms with Gasteiger partial charge in [-0.1, -0.05) is 0 Å². The predicted octanol–water partition coefficient (Wildman–Crippen LogP) is 1.60. The van der Waals surface area contributed by atoms with E-state index in [2.05, 4.69) is 4.90 Å². The minimum Gasteiger partial charge on any atom is -0.460 e. The number of ether oxygens (including phenoxy) is 3. The lowest BCUT2D eigenvalue weighted by molar-refractivity contribution is -0.157. The molecule has 2 aliphatic rings. The van der Waals surface area contributed by atoms with Crippen LogP contribution in [0.3, 0.4) is 0 Å². The molecular formula is C15H27NO4. The van der Waals surface area contributed by atoms with Gasteiger partial charge in [0.1, 0.15) is 5.60 Å². The Morgan fingerprint density at radius 1 is 1.20 bits per heavy atom. The number of morpholine rings is 1. The van der Waals surface area contributed by atoms with E-state index < -0.39 is 5.60 Å². The van der Waals surface area contributed by atoms with Gasteiger partial charge in [0.2, 0.25) is 0 Å². The van der Waals surface area contributed by atoms with Gasteiger partial charge >= 0.3 is 5.97 Å². The largest absolute Gasteiger partial charge is 0.460 e. The van der Waals surface area contributed by atoms with Crippen LogP contribution in [0.25, 0.3) is 0 Å². The third-order valence-corrected chi connectivity index (χ3v) is 3.58. The van der Waals surface area contributed by atoms with Crippen molar-refractivity contribution in [2.24, 2.45) is 0 Å². The molecule has 5 heteroatoms. The zero-order chi connectivity index (χ0) is 14.6. The van der Waals surface area contributed by atoms with Crippen molar-refractivity contribution in [3.63, 3.8) is 0 Å². The summed E-state index contributed by atoms with van der Waals surface area (Å²) < 4.78 is 16.6. The summed E-state index contributed by atoms with van der Waals surface area (Å²) in [5, 5.41) is 0. The lowest BCUT2D eigenvalue weighted by atomic mass is 10.1. The fourth-order valence-corrected chi connectivity index (χ4v) is 2.71. The molecule has 2 atom stereocenters. The summed E-state index contributed by atoms with van der Waals surface area (Å²) >= 11 is 0. The first kappa shape index (κ1) is 15.7. The number of nitrogens with zero attached hydrogens (tertiary/aromatic N) is 1. The monoisotopic (exact) mass is 285 g/mol. The van der Waals surface area contributed by atoms with E-state index in [4.69, 9.17) is 14.2 Å². The zero-order valence-corrected chi connectivity index (χ0v) is 12.9. The fraction of sp³-hybridized carbons (Fsp3) is 0.933. The molecule has 2 aliphatic heterocycles. The van der Waals surface area contributed by atoms with Crippen LogP contribution in [0.5, 0.6) is 0 Å². The molecule has 0 aromatic heterocycles. The lowest BCUT2D eigenvalue weighted by Gasteiger charge is -2.29. The Morgan fingerprint density at radius 2 is 1.85 bits per heavy atom. The second-order valence-corrected chi connectivity index (χ2v) is 6.66. The smallest absolute Gasteiger partial charge is 0.308 e. The maximum absolute atomic E-state index is 11.8. The third kappa shape index (κ3) is 5.38. The second-order valence-electron chi connectivity index (χ2n) is 6.66. The van der Waals surface area contributed by atoms with E-state index in [0.29, 0.717) is 6.42 Å². The van der Waals surface area contributed by atoms with Crippen LogP contribution < -0.4 is 0 Å². The van der Waals surface area contributed by atoms with E-state index in [1.165, 1.54) is 0 Å². The summed E-state index contributed by atoms with van der Waals surface area (Å²) in [6.45, 7) is 10.2. The Morgan fingerprint density at radius 3 is 2.50 bits per heavy atom. The Kier molecular flexibility index (Phi) is 5.41. The van der Waals surface area contributed by atoms with Gasteiger partial charge in [-0.3, -0.25) is 9.69 Å². The van der Waals surface area contributed by atoms with E-state index in [1.807, 2.05) is 20.8 Å². The molecule has 0 bridgehead atoms. The van der Waals surface area contributed by atoms with Gasteiger partial charge in [0.05, 0.1) is 31.8 Å². The number of hydrogen-bond acceptors (Lipinski definition) is 5. The number of esters is 1. The Hall–Kier alpha value is -0.650. The summed E-state index contributed by atoms with van der Waals surface area (Å²) in [4.78, 5) is 14.2. The Bertz CT molecular complexity index is 320. The molecule has 20 heavy (non-hydrogen) atoms. The van der Waals surface area contributed by atoms with Gasteiger partial charge in [0.25, 0.3) is 0 Å². The van der Waals surface area contributed by atoms with Gasteiger partial charge in [-0.2, -0.15) is 0 Å². The maximum atomic E-state index is 11.8. The minimum atomic E-state index is -0.414. The van der Waals surface area contributed by atoms with Gasteiger partial charge in [-0.05, 0) is 33.6 Å². The fourth-order valence-electron chi connectivity index (χ4n) is 2.71. The van der Waals surface area contributed by atoms with Crippen molar-refractivity contribution in [2.75, 3.05) is 32.8 Å². The summed E-state index contributed by atoms with van der Waals surface area (Å²) in [5.41, 5.74) is -0.414. The van der Waals surface area contributed by atoms with Crippen LogP contribution in [0.15, 0.2) is 0 Å². The van der Waals surface area contributed by atoms with Crippen LogP contribution >= 0.6 is 0 Å². The van der Waals surface area contributed by atoms with E-state index in [1.54, 1.807) is 0 Å². The van der Waals surface area contributed by atoms with Crippen LogP contribution in [-0.4, -0.2) is 61.5 Å². The molecule has 0 saturated carbocycles. The number of rotatable bonds is 4. The molecule has 2 rings (SSSR count). The summed E-state index contributed by atoms with van der Waals surface area (Å²) in [6, 6.07) is 0. The molecule has 2 saturated heterocycles. The molecule has 0 amide bonds. The molecule has 0 aliphatic carbocycles. The molecule has 0 unspecified atom stereocenters. The zero-order valence-electron chi connectivity index (χ0n) is 12.9. The minimum absolute atomic E-state index is 0.0240. The number of carbonyl (C=O) groups excluding carboxylic acids is 1. The van der Waals surface area contributed by atoms with Crippen molar-refractivity contribution in [1.82, 2.24) is 4.90 Å². The van der Waals surface area contributed by atoms with Crippen LogP contribution in [0.2, 0.25) is 0 Å². The highest BCUT2D eigenvalue weighted by Crippen LogP contribution is 2.24. The molecular weight excluding hydrogens is 258 g/mol. The molecule has 0 spiro atoms. The van der Waals surface area contributed by atoms with Gasteiger partial charge in [0.15, 0.2) is 0 Å². The van der Waals surface area contributed by atoms with Gasteiger partial charge in [-0.25, -0.2) is 0 Å². The summed E-state index contributed by atoms with van der Waals surface area (Å²) in [6.07, 6.45) is 2.63. The Labute approximate surface area is 121 Å². The molecule has 2 fully saturated rings. The van der Waals surface area contributed by atoms with Crippen LogP contribution in [-0.2, 0) is 19.0 Å². The van der Waals surface area contributed by atoms with Gasteiger partial charge < -0.3 is 14.2 Å². The highest BCUT2D eigenvalue weighted by atomic mass is 16.6. The Balaban J connectivity index is 1.68. The summed E-state index contributed by atoms with van der Waals surface area (Å²) in [5.74, 6) is -0.158. The lowest BCUT2D eigenvalue weighted by Crippen LogP contribution is -2.41. The quantitative estimate of drug-likeness (QED) is 0.734. The maximum Gasteiger partial charge on any atom is 0.308 e. The van der Waals surface area contributed by atoms with E-state index in [-0.39, 0.29) is 18.2 Å². The third-order valence-electron chi connectivity index (χ3n) is 3.58. The molecule has 0 radical (unpaired) electrons. The first-order valence-corrected chi connectivity index (χ1v) is 7.60. The predicted molar refractivity (Wildman–Crippen MR) is 75.6 cm³/mol. The highest BCUT2D eigenvalue weighted by molar-refractivity contribution is 5.70. The van der Waals surface area contributed by atoms with Crippen molar-refractivity contribution in [2.45, 2.75) is 57.8 Å². The van der Waals surface area contributed by atoms with Crippen LogP contribution in [0.4, 0.5) is 0 Å². The van der Waals surface area contributed by atoms with Gasteiger partial charge in [-0.15, -0.1) is 0 Å². The SMILES string of the molecule is CC(C)(C)OC(=O)C[C@H]1CC[C@@H](CN2CCOCC2)O1. The second kappa shape index (κ2) is 6.87.